The number of rotatable bonds is 10. The molecule has 0 atom stereocenters. The summed E-state index contributed by atoms with van der Waals surface area (Å²) in [4.78, 5) is 35.5. The van der Waals surface area contributed by atoms with E-state index >= 15 is 0 Å². The summed E-state index contributed by atoms with van der Waals surface area (Å²) < 4.78 is 12.6. The molecule has 0 aliphatic rings. The Kier molecular flexibility index (Phi) is 8.32. The third-order valence-electron chi connectivity index (χ3n) is 6.02. The number of aromatic nitrogens is 3. The molecule has 0 saturated carbocycles. The highest BCUT2D eigenvalue weighted by atomic mass is 16.6. The van der Waals surface area contributed by atoms with Crippen LogP contribution in [0.15, 0.2) is 66.9 Å². The van der Waals surface area contributed by atoms with E-state index in [2.05, 4.69) is 4.98 Å². The molecule has 0 bridgehead atoms. The lowest BCUT2D eigenvalue weighted by atomic mass is 10.1. The molecule has 0 aliphatic heterocycles. The number of carbonyl (C=O) groups excluding carboxylic acids is 2. The number of para-hydroxylation sites is 1. The third-order valence-corrected chi connectivity index (χ3v) is 6.02. The highest BCUT2D eigenvalue weighted by Crippen LogP contribution is 2.22. The second-order valence-corrected chi connectivity index (χ2v) is 8.62. The van der Waals surface area contributed by atoms with E-state index in [1.807, 2.05) is 41.9 Å². The van der Waals surface area contributed by atoms with Crippen molar-refractivity contribution >= 4 is 34.7 Å². The molecule has 4 rings (SSSR count). The summed E-state index contributed by atoms with van der Waals surface area (Å²) in [7, 11) is 1.90. The van der Waals surface area contributed by atoms with Crippen molar-refractivity contribution in [2.24, 2.45) is 12.8 Å². The Morgan fingerprint density at radius 2 is 1.82 bits per heavy atom. The molecule has 10 nitrogen and oxygen atoms in total. The number of amides is 1. The molecule has 0 spiro atoms. The predicted octanol–water partition coefficient (Wildman–Crippen LogP) is 4.00. The molecule has 0 aliphatic carbocycles. The number of hydrogen-bond acceptors (Lipinski definition) is 7. The Labute approximate surface area is 220 Å². The first kappa shape index (κ1) is 26.3. The van der Waals surface area contributed by atoms with E-state index in [-0.39, 0.29) is 37.1 Å². The zero-order valence-corrected chi connectivity index (χ0v) is 21.4. The van der Waals surface area contributed by atoms with Gasteiger partial charge >= 0.3 is 12.1 Å². The van der Waals surface area contributed by atoms with Gasteiger partial charge in [-0.25, -0.2) is 14.8 Å². The van der Waals surface area contributed by atoms with Gasteiger partial charge in [-0.15, -0.1) is 0 Å². The number of amidine groups is 1. The largest absolute Gasteiger partial charge is 0.466 e. The monoisotopic (exact) mass is 514 g/mol. The maximum absolute atomic E-state index is 13.1. The fourth-order valence-corrected chi connectivity index (χ4v) is 4.02. The molecule has 2 heterocycles. The number of benzene rings is 2. The minimum atomic E-state index is -0.633. The van der Waals surface area contributed by atoms with Gasteiger partial charge in [0.1, 0.15) is 17.2 Å². The average molecular weight is 515 g/mol. The number of ether oxygens (including phenoxy) is 2. The first-order chi connectivity index (χ1) is 18.4. The number of esters is 1. The summed E-state index contributed by atoms with van der Waals surface area (Å²) in [5, 5.41) is 7.52. The molecule has 1 amide bonds. The van der Waals surface area contributed by atoms with Gasteiger partial charge in [0.05, 0.1) is 19.2 Å². The number of carbonyl (C=O) groups is 2. The van der Waals surface area contributed by atoms with Crippen LogP contribution in [0.5, 0.6) is 5.75 Å². The van der Waals surface area contributed by atoms with Crippen molar-refractivity contribution in [3.8, 4) is 5.75 Å². The van der Waals surface area contributed by atoms with Crippen LogP contribution in [-0.2, 0) is 29.4 Å². The smallest absolute Gasteiger partial charge is 0.419 e. The Morgan fingerprint density at radius 1 is 1.08 bits per heavy atom. The van der Waals surface area contributed by atoms with Crippen LogP contribution < -0.4 is 15.4 Å². The molecule has 38 heavy (non-hydrogen) atoms. The number of nitrogen functional groups attached to an aromatic ring is 1. The normalized spacial score (nSPS) is 10.8. The number of imidazole rings is 1. The highest BCUT2D eigenvalue weighted by molar-refractivity contribution is 5.94. The van der Waals surface area contributed by atoms with Gasteiger partial charge in [0.15, 0.2) is 11.4 Å². The van der Waals surface area contributed by atoms with Crippen molar-refractivity contribution < 1.29 is 19.1 Å². The summed E-state index contributed by atoms with van der Waals surface area (Å²) >= 11 is 0. The van der Waals surface area contributed by atoms with Gasteiger partial charge < -0.3 is 19.8 Å². The summed E-state index contributed by atoms with van der Waals surface area (Å²) in [6, 6.07) is 18.3. The fraction of sp³-hybridized carbons (Fsp3) is 0.250. The van der Waals surface area contributed by atoms with Crippen molar-refractivity contribution in [1.29, 1.82) is 5.41 Å². The standard InChI is InChI=1S/C28H30N6O4/c1-3-37-25(35)15-16-34(21-7-5-4-6-8-21)28(36)38-22-17-23-27(31-18-22)33(2)24(32-23)14-11-19-9-12-20(13-10-19)26(29)30/h4-10,12-13,17-18H,3,11,14-16H2,1-2H3,(H3,29,30). The Balaban J connectivity index is 1.47. The van der Waals surface area contributed by atoms with Crippen molar-refractivity contribution in [3.63, 3.8) is 0 Å². The van der Waals surface area contributed by atoms with Gasteiger partial charge in [0.2, 0.25) is 0 Å². The lowest BCUT2D eigenvalue weighted by Gasteiger charge is -2.21. The molecule has 196 valence electrons. The Bertz CT molecular complexity index is 1430. The van der Waals surface area contributed by atoms with Crippen molar-refractivity contribution in [1.82, 2.24) is 14.5 Å². The van der Waals surface area contributed by atoms with Gasteiger partial charge in [-0.1, -0.05) is 42.5 Å². The SMILES string of the molecule is CCOC(=O)CCN(C(=O)Oc1cnc2c(c1)nc(CCc1ccc(C(=N)N)cc1)n2C)c1ccccc1. The first-order valence-corrected chi connectivity index (χ1v) is 12.3. The zero-order valence-electron chi connectivity index (χ0n) is 21.4. The van der Waals surface area contributed by atoms with Gasteiger partial charge in [0, 0.05) is 37.3 Å². The minimum Gasteiger partial charge on any atom is -0.466 e. The third kappa shape index (κ3) is 6.33. The molecule has 0 saturated heterocycles. The van der Waals surface area contributed by atoms with Crippen molar-refractivity contribution in [2.45, 2.75) is 26.2 Å². The van der Waals surface area contributed by atoms with Crippen molar-refractivity contribution in [3.05, 3.63) is 83.8 Å². The number of nitrogens with one attached hydrogen (secondary N) is 1. The molecule has 4 aromatic rings. The fourth-order valence-electron chi connectivity index (χ4n) is 4.02. The Morgan fingerprint density at radius 3 is 2.50 bits per heavy atom. The lowest BCUT2D eigenvalue weighted by Crippen LogP contribution is -2.35. The number of fused-ring (bicyclic) bond motifs is 1. The number of hydrogen-bond donors (Lipinski definition) is 2. The van der Waals surface area contributed by atoms with Crippen molar-refractivity contribution in [2.75, 3.05) is 18.1 Å². The van der Waals surface area contributed by atoms with Crippen LogP contribution in [0.2, 0.25) is 0 Å². The van der Waals surface area contributed by atoms with Gasteiger partial charge in [0.25, 0.3) is 0 Å². The summed E-state index contributed by atoms with van der Waals surface area (Å²) in [6.07, 6.45) is 2.32. The summed E-state index contributed by atoms with van der Waals surface area (Å²) in [5.74, 6) is 0.747. The Hall–Kier alpha value is -4.73. The van der Waals surface area contributed by atoms with Crippen LogP contribution in [0, 0.1) is 5.41 Å². The maximum atomic E-state index is 13.1. The molecule has 0 fully saturated rings. The summed E-state index contributed by atoms with van der Waals surface area (Å²) in [5.41, 5.74) is 9.21. The van der Waals surface area contributed by atoms with E-state index in [9.17, 15) is 9.59 Å². The predicted molar refractivity (Wildman–Crippen MR) is 144 cm³/mol. The zero-order chi connectivity index (χ0) is 27.1. The van der Waals surface area contributed by atoms with E-state index < -0.39 is 6.09 Å². The average Bonchev–Trinajstić information content (AvgIpc) is 3.23. The van der Waals surface area contributed by atoms with Gasteiger partial charge in [-0.3, -0.25) is 15.1 Å². The molecular weight excluding hydrogens is 484 g/mol. The lowest BCUT2D eigenvalue weighted by molar-refractivity contribution is -0.142. The van der Waals surface area contributed by atoms with Gasteiger partial charge in [-0.05, 0) is 31.0 Å². The number of aryl methyl sites for hydroxylation is 3. The van der Waals surface area contributed by atoms with Crippen LogP contribution >= 0.6 is 0 Å². The van der Waals surface area contributed by atoms with Crippen LogP contribution in [0.1, 0.15) is 30.3 Å². The number of anilines is 1. The van der Waals surface area contributed by atoms with E-state index in [1.54, 1.807) is 37.3 Å². The molecule has 0 unspecified atom stereocenters. The molecule has 2 aromatic heterocycles. The molecule has 2 aromatic carbocycles. The topological polar surface area (TPSA) is 136 Å². The van der Waals surface area contributed by atoms with Crippen LogP contribution in [0.3, 0.4) is 0 Å². The van der Waals surface area contributed by atoms with Crippen LogP contribution in [0.25, 0.3) is 11.2 Å². The molecule has 3 N–H and O–H groups in total. The van der Waals surface area contributed by atoms with E-state index in [0.717, 1.165) is 17.8 Å². The quantitative estimate of drug-likeness (QED) is 0.185. The maximum Gasteiger partial charge on any atom is 0.419 e. The van der Waals surface area contributed by atoms with Crippen LogP contribution in [-0.4, -0.2) is 45.6 Å². The number of pyridine rings is 1. The second-order valence-electron chi connectivity index (χ2n) is 8.62. The molecule has 10 heteroatoms. The summed E-state index contributed by atoms with van der Waals surface area (Å²) in [6.45, 7) is 2.12. The number of nitrogens with zero attached hydrogens (tertiary/aromatic N) is 4. The second kappa shape index (κ2) is 12.0. The number of nitrogens with two attached hydrogens (primary N) is 1. The molecule has 0 radical (unpaired) electrons. The minimum absolute atomic E-state index is 0.0379. The molecular formula is C28H30N6O4. The van der Waals surface area contributed by atoms with Gasteiger partial charge in [-0.2, -0.15) is 0 Å². The van der Waals surface area contributed by atoms with E-state index in [1.165, 1.54) is 11.1 Å². The van der Waals surface area contributed by atoms with E-state index in [0.29, 0.717) is 28.8 Å². The highest BCUT2D eigenvalue weighted by Gasteiger charge is 2.20. The van der Waals surface area contributed by atoms with Crippen LogP contribution in [0.4, 0.5) is 10.5 Å². The van der Waals surface area contributed by atoms with E-state index in [4.69, 9.17) is 25.6 Å². The first-order valence-electron chi connectivity index (χ1n) is 12.3.